The van der Waals surface area contributed by atoms with Gasteiger partial charge in [-0.2, -0.15) is 0 Å². The predicted molar refractivity (Wildman–Crippen MR) is 71.2 cm³/mol. The Morgan fingerprint density at radius 3 is 1.87 bits per heavy atom. The topological polar surface area (TPSA) is 0 Å². The number of rotatable bonds is 7. The highest BCUT2D eigenvalue weighted by atomic mass is 14.2. The molecule has 2 atom stereocenters. The number of unbranched alkanes of at least 4 members (excludes halogenated alkanes) is 1. The maximum Gasteiger partial charge on any atom is -0.0357 e. The van der Waals surface area contributed by atoms with Crippen molar-refractivity contribution in [2.45, 2.75) is 80.1 Å². The monoisotopic (exact) mass is 212 g/mol. The molecule has 0 heterocycles. The summed E-state index contributed by atoms with van der Waals surface area (Å²) in [6.45, 7) is 14.2. The number of hydrogen-bond donors (Lipinski definition) is 0. The molecule has 0 saturated carbocycles. The van der Waals surface area contributed by atoms with E-state index in [-0.39, 0.29) is 0 Å². The van der Waals surface area contributed by atoms with Gasteiger partial charge in [-0.15, -0.1) is 0 Å². The third kappa shape index (κ3) is 7.88. The minimum atomic E-state index is 0.493. The SMILES string of the molecule is CCCCC(C)CCCC(C)C(C)(C)C. The lowest BCUT2D eigenvalue weighted by atomic mass is 9.79. The molecule has 0 aromatic rings. The molecule has 0 aromatic carbocycles. The van der Waals surface area contributed by atoms with Gasteiger partial charge in [-0.3, -0.25) is 0 Å². The minimum absolute atomic E-state index is 0.493. The molecule has 0 spiro atoms. The molecule has 15 heavy (non-hydrogen) atoms. The molecule has 0 bridgehead atoms. The second-order valence-electron chi connectivity index (χ2n) is 6.45. The van der Waals surface area contributed by atoms with Gasteiger partial charge in [0.15, 0.2) is 0 Å². The molecular weight excluding hydrogens is 180 g/mol. The Bertz CT molecular complexity index is 141. The normalized spacial score (nSPS) is 16.4. The van der Waals surface area contributed by atoms with Crippen molar-refractivity contribution in [3.05, 3.63) is 0 Å². The first kappa shape index (κ1) is 15.0. The highest BCUT2D eigenvalue weighted by Gasteiger charge is 2.19. The summed E-state index contributed by atoms with van der Waals surface area (Å²) < 4.78 is 0. The van der Waals surface area contributed by atoms with Crippen molar-refractivity contribution >= 4 is 0 Å². The average Bonchev–Trinajstić information content (AvgIpc) is 2.13. The van der Waals surface area contributed by atoms with E-state index in [0.29, 0.717) is 5.41 Å². The van der Waals surface area contributed by atoms with E-state index in [2.05, 4.69) is 41.5 Å². The standard InChI is InChI=1S/C15H32/c1-7-8-10-13(2)11-9-12-14(3)15(4,5)6/h13-14H,7-12H2,1-6H3. The smallest absolute Gasteiger partial charge is 0.0357 e. The van der Waals surface area contributed by atoms with Gasteiger partial charge >= 0.3 is 0 Å². The fourth-order valence-corrected chi connectivity index (χ4v) is 1.90. The molecule has 0 N–H and O–H groups in total. The zero-order valence-corrected chi connectivity index (χ0v) is 11.9. The van der Waals surface area contributed by atoms with Gasteiger partial charge < -0.3 is 0 Å². The third-order valence-electron chi connectivity index (χ3n) is 3.86. The molecular formula is C15H32. The van der Waals surface area contributed by atoms with Crippen LogP contribution in [-0.4, -0.2) is 0 Å². The van der Waals surface area contributed by atoms with Crippen LogP contribution in [0.3, 0.4) is 0 Å². The highest BCUT2D eigenvalue weighted by molar-refractivity contribution is 4.70. The van der Waals surface area contributed by atoms with Gasteiger partial charge in [-0.05, 0) is 17.3 Å². The zero-order valence-electron chi connectivity index (χ0n) is 11.9. The summed E-state index contributed by atoms with van der Waals surface area (Å²) in [6.07, 6.45) is 8.45. The quantitative estimate of drug-likeness (QED) is 0.510. The van der Waals surface area contributed by atoms with E-state index in [4.69, 9.17) is 0 Å². The van der Waals surface area contributed by atoms with Crippen LogP contribution < -0.4 is 0 Å². The summed E-state index contributed by atoms with van der Waals surface area (Å²) in [4.78, 5) is 0. The van der Waals surface area contributed by atoms with Crippen molar-refractivity contribution in [2.75, 3.05) is 0 Å². The molecule has 92 valence electrons. The Morgan fingerprint density at radius 1 is 0.867 bits per heavy atom. The van der Waals surface area contributed by atoms with Crippen LogP contribution >= 0.6 is 0 Å². The maximum atomic E-state index is 2.41. The van der Waals surface area contributed by atoms with Crippen LogP contribution in [0, 0.1) is 17.3 Å². The van der Waals surface area contributed by atoms with Crippen LogP contribution in [0.5, 0.6) is 0 Å². The van der Waals surface area contributed by atoms with Gasteiger partial charge in [0.25, 0.3) is 0 Å². The predicted octanol–water partition coefficient (Wildman–Crippen LogP) is 5.67. The van der Waals surface area contributed by atoms with E-state index in [1.165, 1.54) is 38.5 Å². The van der Waals surface area contributed by atoms with Gasteiger partial charge in [-0.1, -0.05) is 80.1 Å². The van der Waals surface area contributed by atoms with Crippen molar-refractivity contribution in [1.29, 1.82) is 0 Å². The lowest BCUT2D eigenvalue weighted by Gasteiger charge is -2.27. The van der Waals surface area contributed by atoms with Crippen molar-refractivity contribution < 1.29 is 0 Å². The molecule has 0 aliphatic heterocycles. The first-order chi connectivity index (χ1) is 6.88. The van der Waals surface area contributed by atoms with Crippen LogP contribution in [0.15, 0.2) is 0 Å². The van der Waals surface area contributed by atoms with Crippen molar-refractivity contribution in [3.63, 3.8) is 0 Å². The van der Waals surface area contributed by atoms with E-state index in [0.717, 1.165) is 11.8 Å². The molecule has 0 heteroatoms. The van der Waals surface area contributed by atoms with Crippen LogP contribution in [0.4, 0.5) is 0 Å². The summed E-state index contributed by atoms with van der Waals surface area (Å²) >= 11 is 0. The van der Waals surface area contributed by atoms with Crippen LogP contribution in [-0.2, 0) is 0 Å². The molecule has 0 fully saturated rings. The Hall–Kier alpha value is 0. The van der Waals surface area contributed by atoms with Crippen molar-refractivity contribution in [2.24, 2.45) is 17.3 Å². The fraction of sp³-hybridized carbons (Fsp3) is 1.00. The summed E-state index contributed by atoms with van der Waals surface area (Å²) in [6, 6.07) is 0. The lowest BCUT2D eigenvalue weighted by Crippen LogP contribution is -2.17. The Labute approximate surface area is 97.8 Å². The summed E-state index contributed by atoms with van der Waals surface area (Å²) in [5, 5.41) is 0. The maximum absolute atomic E-state index is 2.41. The first-order valence-electron chi connectivity index (χ1n) is 6.88. The average molecular weight is 212 g/mol. The van der Waals surface area contributed by atoms with E-state index in [1.807, 2.05) is 0 Å². The largest absolute Gasteiger partial charge is 0.0654 e. The number of hydrogen-bond acceptors (Lipinski definition) is 0. The molecule has 0 aliphatic carbocycles. The summed E-state index contributed by atoms with van der Waals surface area (Å²) in [7, 11) is 0. The van der Waals surface area contributed by atoms with Gasteiger partial charge in [0.2, 0.25) is 0 Å². The molecule has 0 nitrogen and oxygen atoms in total. The first-order valence-corrected chi connectivity index (χ1v) is 6.88. The zero-order chi connectivity index (χ0) is 11.9. The van der Waals surface area contributed by atoms with E-state index < -0.39 is 0 Å². The second kappa shape index (κ2) is 7.30. The van der Waals surface area contributed by atoms with Gasteiger partial charge in [0, 0.05) is 0 Å². The van der Waals surface area contributed by atoms with Crippen molar-refractivity contribution in [3.8, 4) is 0 Å². The third-order valence-corrected chi connectivity index (χ3v) is 3.86. The van der Waals surface area contributed by atoms with Gasteiger partial charge in [0.05, 0.1) is 0 Å². The van der Waals surface area contributed by atoms with Gasteiger partial charge in [0.1, 0.15) is 0 Å². The van der Waals surface area contributed by atoms with E-state index in [1.54, 1.807) is 0 Å². The van der Waals surface area contributed by atoms with Gasteiger partial charge in [-0.25, -0.2) is 0 Å². The van der Waals surface area contributed by atoms with Crippen molar-refractivity contribution in [1.82, 2.24) is 0 Å². The van der Waals surface area contributed by atoms with Crippen LogP contribution in [0.25, 0.3) is 0 Å². The Kier molecular flexibility index (Phi) is 7.30. The van der Waals surface area contributed by atoms with Crippen LogP contribution in [0.2, 0.25) is 0 Å². The molecule has 0 radical (unpaired) electrons. The van der Waals surface area contributed by atoms with E-state index >= 15 is 0 Å². The molecule has 0 rings (SSSR count). The minimum Gasteiger partial charge on any atom is -0.0654 e. The van der Waals surface area contributed by atoms with E-state index in [9.17, 15) is 0 Å². The summed E-state index contributed by atoms with van der Waals surface area (Å²) in [5.41, 5.74) is 0.493. The lowest BCUT2D eigenvalue weighted by molar-refractivity contribution is 0.236. The van der Waals surface area contributed by atoms with Crippen LogP contribution in [0.1, 0.15) is 80.1 Å². The Morgan fingerprint density at radius 2 is 1.40 bits per heavy atom. The Balaban J connectivity index is 3.52. The fourth-order valence-electron chi connectivity index (χ4n) is 1.90. The molecule has 0 saturated heterocycles. The second-order valence-corrected chi connectivity index (χ2v) is 6.45. The highest BCUT2D eigenvalue weighted by Crippen LogP contribution is 2.30. The summed E-state index contributed by atoms with van der Waals surface area (Å²) in [5.74, 6) is 1.80. The molecule has 0 amide bonds. The molecule has 0 aliphatic rings. The molecule has 0 aromatic heterocycles. The molecule has 2 unspecified atom stereocenters.